The number of nitrogens with zero attached hydrogens (tertiary/aromatic N) is 1. The van der Waals surface area contributed by atoms with E-state index in [9.17, 15) is 9.90 Å². The van der Waals surface area contributed by atoms with Gasteiger partial charge < -0.3 is 5.11 Å². The Morgan fingerprint density at radius 1 is 1.00 bits per heavy atom. The SMILES string of the molecule is O=C(N/N=C/c1ccc(Cl)s1)C(O)(c1ccccc1)c1ccccc1. The van der Waals surface area contributed by atoms with Crippen molar-refractivity contribution in [3.8, 4) is 0 Å². The van der Waals surface area contributed by atoms with Crippen molar-refractivity contribution in [3.63, 3.8) is 0 Å². The number of rotatable bonds is 5. The Kier molecular flexibility index (Phi) is 5.28. The highest BCUT2D eigenvalue weighted by molar-refractivity contribution is 7.17. The molecule has 2 aromatic carbocycles. The van der Waals surface area contributed by atoms with Crippen molar-refractivity contribution < 1.29 is 9.90 Å². The van der Waals surface area contributed by atoms with Crippen LogP contribution in [-0.2, 0) is 10.4 Å². The standard InChI is InChI=1S/C19H15ClN2O2S/c20-17-12-11-16(25-17)13-21-22-18(23)19(24,14-7-3-1-4-8-14)15-9-5-2-6-10-15/h1-13,24H,(H,22,23)/b21-13+. The Morgan fingerprint density at radius 2 is 1.56 bits per heavy atom. The molecule has 1 amide bonds. The molecule has 25 heavy (non-hydrogen) atoms. The van der Waals surface area contributed by atoms with Gasteiger partial charge >= 0.3 is 0 Å². The van der Waals surface area contributed by atoms with Crippen LogP contribution in [0.15, 0.2) is 77.9 Å². The molecule has 0 spiro atoms. The monoisotopic (exact) mass is 370 g/mol. The molecular weight excluding hydrogens is 356 g/mol. The molecule has 0 radical (unpaired) electrons. The Morgan fingerprint density at radius 3 is 2.04 bits per heavy atom. The minimum absolute atomic E-state index is 0.466. The highest BCUT2D eigenvalue weighted by atomic mass is 35.5. The molecule has 0 bridgehead atoms. The minimum Gasteiger partial charge on any atom is -0.372 e. The number of hydrogen-bond donors (Lipinski definition) is 2. The Hall–Kier alpha value is -2.47. The number of nitrogens with one attached hydrogen (secondary N) is 1. The number of hydrogen-bond acceptors (Lipinski definition) is 4. The fourth-order valence-electron chi connectivity index (χ4n) is 2.42. The van der Waals surface area contributed by atoms with E-state index in [1.165, 1.54) is 17.6 Å². The topological polar surface area (TPSA) is 61.7 Å². The van der Waals surface area contributed by atoms with E-state index >= 15 is 0 Å². The molecule has 0 aliphatic carbocycles. The number of hydrazone groups is 1. The van der Waals surface area contributed by atoms with Gasteiger partial charge in [-0.2, -0.15) is 5.10 Å². The van der Waals surface area contributed by atoms with E-state index in [2.05, 4.69) is 10.5 Å². The number of carbonyl (C=O) groups excluding carboxylic acids is 1. The summed E-state index contributed by atoms with van der Waals surface area (Å²) in [4.78, 5) is 13.6. The molecule has 4 nitrogen and oxygen atoms in total. The summed E-state index contributed by atoms with van der Waals surface area (Å²) in [5.74, 6) is -0.635. The molecule has 3 aromatic rings. The van der Waals surface area contributed by atoms with Crippen molar-refractivity contribution in [2.24, 2.45) is 5.10 Å². The molecule has 0 fully saturated rings. The smallest absolute Gasteiger partial charge is 0.281 e. The van der Waals surface area contributed by atoms with Crippen LogP contribution in [-0.4, -0.2) is 17.2 Å². The fraction of sp³-hybridized carbons (Fsp3) is 0.0526. The van der Waals surface area contributed by atoms with Crippen molar-refractivity contribution in [1.82, 2.24) is 5.43 Å². The molecule has 1 heterocycles. The van der Waals surface area contributed by atoms with Crippen molar-refractivity contribution in [1.29, 1.82) is 0 Å². The third-order valence-electron chi connectivity index (χ3n) is 3.66. The number of halogens is 1. The van der Waals surface area contributed by atoms with Crippen LogP contribution in [0.25, 0.3) is 0 Å². The van der Waals surface area contributed by atoms with E-state index in [1.807, 2.05) is 12.1 Å². The lowest BCUT2D eigenvalue weighted by Gasteiger charge is -2.26. The molecule has 0 saturated heterocycles. The maximum absolute atomic E-state index is 12.8. The molecule has 0 aliphatic heterocycles. The number of benzene rings is 2. The van der Waals surface area contributed by atoms with Crippen molar-refractivity contribution in [2.75, 3.05) is 0 Å². The molecule has 2 N–H and O–H groups in total. The molecule has 0 unspecified atom stereocenters. The first-order valence-electron chi connectivity index (χ1n) is 7.53. The van der Waals surface area contributed by atoms with Crippen LogP contribution in [0.1, 0.15) is 16.0 Å². The van der Waals surface area contributed by atoms with Crippen LogP contribution in [0.4, 0.5) is 0 Å². The van der Waals surface area contributed by atoms with Crippen molar-refractivity contribution >= 4 is 35.1 Å². The van der Waals surface area contributed by atoms with Gasteiger partial charge in [0.2, 0.25) is 0 Å². The third-order valence-corrected chi connectivity index (χ3v) is 4.83. The first-order valence-corrected chi connectivity index (χ1v) is 8.72. The number of thiophene rings is 1. The minimum atomic E-state index is -1.84. The van der Waals surface area contributed by atoms with Gasteiger partial charge in [0.15, 0.2) is 5.60 Å². The molecule has 126 valence electrons. The van der Waals surface area contributed by atoms with E-state index in [1.54, 1.807) is 60.7 Å². The lowest BCUT2D eigenvalue weighted by atomic mass is 9.85. The van der Waals surface area contributed by atoms with E-state index in [0.717, 1.165) is 4.88 Å². The van der Waals surface area contributed by atoms with Crippen molar-refractivity contribution in [3.05, 3.63) is 93.1 Å². The first kappa shape index (κ1) is 17.4. The molecule has 0 saturated carbocycles. The summed E-state index contributed by atoms with van der Waals surface area (Å²) in [6, 6.07) is 21.1. The number of amides is 1. The Balaban J connectivity index is 1.89. The van der Waals surface area contributed by atoms with E-state index in [0.29, 0.717) is 15.5 Å². The summed E-state index contributed by atoms with van der Waals surface area (Å²) in [5.41, 5.74) is 1.51. The van der Waals surface area contributed by atoms with Gasteiger partial charge in [-0.3, -0.25) is 4.79 Å². The second-order valence-corrected chi connectivity index (χ2v) is 7.03. The summed E-state index contributed by atoms with van der Waals surface area (Å²) in [5, 5.41) is 15.2. The summed E-state index contributed by atoms with van der Waals surface area (Å²) >= 11 is 7.21. The predicted octanol–water partition coefficient (Wildman–Crippen LogP) is 3.79. The highest BCUT2D eigenvalue weighted by Gasteiger charge is 2.39. The van der Waals surface area contributed by atoms with E-state index < -0.39 is 11.5 Å². The maximum Gasteiger partial charge on any atom is 0.281 e. The summed E-state index contributed by atoms with van der Waals surface area (Å²) in [6.45, 7) is 0. The van der Waals surface area contributed by atoms with Crippen LogP contribution in [0.5, 0.6) is 0 Å². The number of carbonyl (C=O) groups is 1. The van der Waals surface area contributed by atoms with Crippen LogP contribution in [0.3, 0.4) is 0 Å². The molecule has 6 heteroatoms. The van der Waals surface area contributed by atoms with Crippen LogP contribution < -0.4 is 5.43 Å². The second kappa shape index (κ2) is 7.61. The zero-order chi connectivity index (χ0) is 17.7. The molecule has 0 atom stereocenters. The fourth-order valence-corrected chi connectivity index (χ4v) is 3.35. The Labute approximate surface area is 154 Å². The largest absolute Gasteiger partial charge is 0.372 e. The van der Waals surface area contributed by atoms with Gasteiger partial charge in [-0.1, -0.05) is 72.3 Å². The first-order chi connectivity index (χ1) is 12.1. The Bertz CT molecular complexity index is 839. The average Bonchev–Trinajstić information content (AvgIpc) is 3.07. The molecule has 0 aliphatic rings. The lowest BCUT2D eigenvalue weighted by Crippen LogP contribution is -2.43. The van der Waals surface area contributed by atoms with Crippen LogP contribution >= 0.6 is 22.9 Å². The zero-order valence-corrected chi connectivity index (χ0v) is 14.7. The van der Waals surface area contributed by atoms with Gasteiger partial charge in [0, 0.05) is 4.88 Å². The normalized spacial score (nSPS) is 11.6. The van der Waals surface area contributed by atoms with Crippen LogP contribution in [0.2, 0.25) is 4.34 Å². The van der Waals surface area contributed by atoms with Gasteiger partial charge in [-0.25, -0.2) is 5.43 Å². The van der Waals surface area contributed by atoms with Gasteiger partial charge in [0.1, 0.15) is 0 Å². The van der Waals surface area contributed by atoms with Gasteiger partial charge in [-0.05, 0) is 23.3 Å². The van der Waals surface area contributed by atoms with Gasteiger partial charge in [0.05, 0.1) is 10.6 Å². The predicted molar refractivity (Wildman–Crippen MR) is 101 cm³/mol. The van der Waals surface area contributed by atoms with Crippen LogP contribution in [0, 0.1) is 0 Å². The summed E-state index contributed by atoms with van der Waals surface area (Å²) in [7, 11) is 0. The summed E-state index contributed by atoms with van der Waals surface area (Å²) in [6.07, 6.45) is 1.49. The third kappa shape index (κ3) is 3.79. The van der Waals surface area contributed by atoms with Crippen molar-refractivity contribution in [2.45, 2.75) is 5.60 Å². The number of aliphatic hydroxyl groups is 1. The second-order valence-electron chi connectivity index (χ2n) is 5.28. The lowest BCUT2D eigenvalue weighted by molar-refractivity contribution is -0.136. The quantitative estimate of drug-likeness (QED) is 0.530. The van der Waals surface area contributed by atoms with Gasteiger partial charge in [0.25, 0.3) is 5.91 Å². The van der Waals surface area contributed by atoms with E-state index in [-0.39, 0.29) is 0 Å². The summed E-state index contributed by atoms with van der Waals surface area (Å²) < 4.78 is 0.637. The zero-order valence-electron chi connectivity index (χ0n) is 13.1. The highest BCUT2D eigenvalue weighted by Crippen LogP contribution is 2.29. The molecular formula is C19H15ClN2O2S. The molecule has 1 aromatic heterocycles. The van der Waals surface area contributed by atoms with Gasteiger partial charge in [-0.15, -0.1) is 11.3 Å². The molecule has 3 rings (SSSR count). The van der Waals surface area contributed by atoms with E-state index in [4.69, 9.17) is 11.6 Å². The maximum atomic E-state index is 12.8. The average molecular weight is 371 g/mol.